The standard InChI is InChI=1S/C25H22N2O5/c1-2-30-18-8-6-17(7-9-18)10-13-32-22-16-19(31-14-11-26)15-21-23(22)24(25(28)29)20-5-3-4-12-27(20)21/h3-9,12,15-16H,2,10,13-14H2,1H3,(H,28,29). The molecule has 4 rings (SSSR count). The first-order valence-electron chi connectivity index (χ1n) is 10.3. The van der Waals surface area contributed by atoms with Crippen molar-refractivity contribution in [2.75, 3.05) is 19.8 Å². The van der Waals surface area contributed by atoms with E-state index in [9.17, 15) is 9.90 Å². The van der Waals surface area contributed by atoms with Crippen molar-refractivity contribution in [1.29, 1.82) is 5.26 Å². The molecule has 162 valence electrons. The molecule has 0 aliphatic carbocycles. The summed E-state index contributed by atoms with van der Waals surface area (Å²) in [7, 11) is 0. The molecule has 0 atom stereocenters. The van der Waals surface area contributed by atoms with Gasteiger partial charge in [-0.1, -0.05) is 18.2 Å². The van der Waals surface area contributed by atoms with Crippen molar-refractivity contribution >= 4 is 22.4 Å². The van der Waals surface area contributed by atoms with E-state index in [1.807, 2.05) is 43.3 Å². The highest BCUT2D eigenvalue weighted by molar-refractivity contribution is 6.13. The molecule has 2 heterocycles. The lowest BCUT2D eigenvalue weighted by atomic mass is 10.1. The number of nitriles is 1. The summed E-state index contributed by atoms with van der Waals surface area (Å²) in [5.41, 5.74) is 2.44. The maximum absolute atomic E-state index is 12.1. The molecule has 0 aliphatic rings. The van der Waals surface area contributed by atoms with Crippen molar-refractivity contribution in [1.82, 2.24) is 4.40 Å². The topological polar surface area (TPSA) is 93.2 Å². The zero-order chi connectivity index (χ0) is 22.5. The summed E-state index contributed by atoms with van der Waals surface area (Å²) >= 11 is 0. The Labute approximate surface area is 185 Å². The number of hydrogen-bond acceptors (Lipinski definition) is 5. The van der Waals surface area contributed by atoms with Crippen molar-refractivity contribution in [2.45, 2.75) is 13.3 Å². The van der Waals surface area contributed by atoms with Crippen molar-refractivity contribution in [3.8, 4) is 23.3 Å². The van der Waals surface area contributed by atoms with Gasteiger partial charge in [-0.15, -0.1) is 0 Å². The first-order valence-corrected chi connectivity index (χ1v) is 10.3. The van der Waals surface area contributed by atoms with Crippen LogP contribution in [-0.2, 0) is 6.42 Å². The lowest BCUT2D eigenvalue weighted by Gasteiger charge is -2.11. The van der Waals surface area contributed by atoms with Gasteiger partial charge in [0.15, 0.2) is 6.61 Å². The minimum absolute atomic E-state index is 0.119. The van der Waals surface area contributed by atoms with Gasteiger partial charge in [-0.3, -0.25) is 0 Å². The van der Waals surface area contributed by atoms with Crippen LogP contribution in [0.4, 0.5) is 0 Å². The van der Waals surface area contributed by atoms with Gasteiger partial charge in [0.25, 0.3) is 0 Å². The maximum Gasteiger partial charge on any atom is 0.338 e. The Balaban J connectivity index is 1.70. The third-order valence-electron chi connectivity index (χ3n) is 5.08. The predicted octanol–water partition coefficient (Wildman–Crippen LogP) is 4.71. The number of benzene rings is 2. The van der Waals surface area contributed by atoms with Gasteiger partial charge in [0.2, 0.25) is 0 Å². The second kappa shape index (κ2) is 9.31. The second-order valence-corrected chi connectivity index (χ2v) is 7.07. The van der Waals surface area contributed by atoms with Crippen LogP contribution in [0, 0.1) is 11.3 Å². The molecule has 0 fully saturated rings. The van der Waals surface area contributed by atoms with Gasteiger partial charge in [0.05, 0.1) is 35.2 Å². The van der Waals surface area contributed by atoms with Crippen molar-refractivity contribution in [3.05, 3.63) is 71.9 Å². The maximum atomic E-state index is 12.1. The molecule has 32 heavy (non-hydrogen) atoms. The highest BCUT2D eigenvalue weighted by Gasteiger charge is 2.22. The van der Waals surface area contributed by atoms with Crippen LogP contribution in [0.2, 0.25) is 0 Å². The van der Waals surface area contributed by atoms with Gasteiger partial charge in [-0.25, -0.2) is 4.79 Å². The first-order chi connectivity index (χ1) is 15.6. The average Bonchev–Trinajstić information content (AvgIpc) is 3.14. The van der Waals surface area contributed by atoms with Crippen molar-refractivity contribution < 1.29 is 24.1 Å². The smallest absolute Gasteiger partial charge is 0.338 e. The van der Waals surface area contributed by atoms with E-state index in [2.05, 4.69) is 0 Å². The number of ether oxygens (including phenoxy) is 3. The third kappa shape index (κ3) is 4.16. The molecular formula is C25H22N2O5. The molecule has 7 nitrogen and oxygen atoms in total. The van der Waals surface area contributed by atoms with Crippen LogP contribution in [-0.4, -0.2) is 35.3 Å². The number of hydrogen-bond donors (Lipinski definition) is 1. The Bertz CT molecular complexity index is 1300. The van der Waals surface area contributed by atoms with Gasteiger partial charge in [-0.05, 0) is 36.8 Å². The minimum atomic E-state index is -1.04. The fraction of sp³-hybridized carbons (Fsp3) is 0.200. The molecule has 0 unspecified atom stereocenters. The SMILES string of the molecule is CCOc1ccc(CCOc2cc(OCC#N)cc3c2c(C(=O)O)c2ccccn23)cc1. The zero-order valence-electron chi connectivity index (χ0n) is 17.6. The Morgan fingerprint density at radius 3 is 2.56 bits per heavy atom. The van der Waals surface area contributed by atoms with Gasteiger partial charge >= 0.3 is 5.97 Å². The van der Waals surface area contributed by atoms with Crippen LogP contribution in [0.25, 0.3) is 16.4 Å². The highest BCUT2D eigenvalue weighted by Crippen LogP contribution is 2.37. The molecule has 0 saturated carbocycles. The fourth-order valence-electron chi connectivity index (χ4n) is 3.73. The number of aromatic carboxylic acids is 1. The summed E-state index contributed by atoms with van der Waals surface area (Å²) in [6.07, 6.45) is 2.43. The molecule has 0 spiro atoms. The number of fused-ring (bicyclic) bond motifs is 3. The summed E-state index contributed by atoms with van der Waals surface area (Å²) in [5.74, 6) is 0.622. The molecule has 4 aromatic rings. The Kier molecular flexibility index (Phi) is 6.13. The fourth-order valence-corrected chi connectivity index (χ4v) is 3.73. The Morgan fingerprint density at radius 2 is 1.84 bits per heavy atom. The summed E-state index contributed by atoms with van der Waals surface area (Å²) < 4.78 is 18.8. The lowest BCUT2D eigenvalue weighted by Crippen LogP contribution is -2.04. The van der Waals surface area contributed by atoms with Gasteiger partial charge in [0, 0.05) is 24.8 Å². The highest BCUT2D eigenvalue weighted by atomic mass is 16.5. The number of aromatic nitrogens is 1. The molecule has 0 radical (unpaired) electrons. The number of carboxylic acids is 1. The van der Waals surface area contributed by atoms with Crippen LogP contribution in [0.1, 0.15) is 22.8 Å². The normalized spacial score (nSPS) is 10.8. The monoisotopic (exact) mass is 430 g/mol. The minimum Gasteiger partial charge on any atom is -0.494 e. The van der Waals surface area contributed by atoms with Crippen molar-refractivity contribution in [2.24, 2.45) is 0 Å². The average molecular weight is 430 g/mol. The van der Waals surface area contributed by atoms with Crippen LogP contribution in [0.5, 0.6) is 17.2 Å². The summed E-state index contributed by atoms with van der Waals surface area (Å²) in [6, 6.07) is 18.5. The second-order valence-electron chi connectivity index (χ2n) is 7.07. The van der Waals surface area contributed by atoms with Gasteiger partial charge in [0.1, 0.15) is 23.3 Å². The van der Waals surface area contributed by atoms with E-state index >= 15 is 0 Å². The van der Waals surface area contributed by atoms with Gasteiger partial charge in [-0.2, -0.15) is 5.26 Å². The summed E-state index contributed by atoms with van der Waals surface area (Å²) in [4.78, 5) is 12.1. The summed E-state index contributed by atoms with van der Waals surface area (Å²) in [6.45, 7) is 2.77. The number of rotatable bonds is 9. The molecule has 1 N–H and O–H groups in total. The first kappa shape index (κ1) is 21.1. The van der Waals surface area contributed by atoms with Gasteiger partial charge < -0.3 is 23.7 Å². The number of carbonyl (C=O) groups is 1. The third-order valence-corrected chi connectivity index (χ3v) is 5.08. The van der Waals surface area contributed by atoms with Crippen LogP contribution in [0.15, 0.2) is 60.8 Å². The molecule has 2 aromatic heterocycles. The Hall–Kier alpha value is -4.18. The van der Waals surface area contributed by atoms with E-state index in [1.54, 1.807) is 34.9 Å². The quantitative estimate of drug-likeness (QED) is 0.413. The van der Waals surface area contributed by atoms with Crippen LogP contribution < -0.4 is 14.2 Å². The summed E-state index contributed by atoms with van der Waals surface area (Å²) in [5, 5.41) is 19.3. The Morgan fingerprint density at radius 1 is 1.03 bits per heavy atom. The van der Waals surface area contributed by atoms with E-state index in [1.165, 1.54) is 0 Å². The molecule has 0 bridgehead atoms. The number of carboxylic acid groups (broad SMARTS) is 1. The molecule has 0 saturated heterocycles. The molecule has 0 amide bonds. The molecule has 0 aliphatic heterocycles. The van der Waals surface area contributed by atoms with Crippen molar-refractivity contribution in [3.63, 3.8) is 0 Å². The largest absolute Gasteiger partial charge is 0.494 e. The molecular weight excluding hydrogens is 408 g/mol. The van der Waals surface area contributed by atoms with E-state index in [0.29, 0.717) is 47.6 Å². The lowest BCUT2D eigenvalue weighted by molar-refractivity contribution is 0.0700. The van der Waals surface area contributed by atoms with E-state index < -0.39 is 5.97 Å². The van der Waals surface area contributed by atoms with Crippen LogP contribution >= 0.6 is 0 Å². The molecule has 2 aromatic carbocycles. The zero-order valence-corrected chi connectivity index (χ0v) is 17.6. The number of nitrogens with zero attached hydrogens (tertiary/aromatic N) is 2. The van der Waals surface area contributed by atoms with E-state index in [4.69, 9.17) is 19.5 Å². The van der Waals surface area contributed by atoms with E-state index in [-0.39, 0.29) is 12.2 Å². The number of pyridine rings is 1. The van der Waals surface area contributed by atoms with Crippen LogP contribution in [0.3, 0.4) is 0 Å². The molecule has 7 heteroatoms. The predicted molar refractivity (Wildman–Crippen MR) is 120 cm³/mol. The van der Waals surface area contributed by atoms with E-state index in [0.717, 1.165) is 11.3 Å².